The third kappa shape index (κ3) is 1.55. The van der Waals surface area contributed by atoms with Crippen molar-refractivity contribution >= 4 is 0 Å². The number of aromatic nitrogens is 2. The lowest BCUT2D eigenvalue weighted by atomic mass is 9.83. The average Bonchev–Trinajstić information content (AvgIpc) is 2.91. The van der Waals surface area contributed by atoms with E-state index in [0.29, 0.717) is 5.92 Å². The first-order chi connectivity index (χ1) is 7.34. The van der Waals surface area contributed by atoms with Crippen molar-refractivity contribution in [2.75, 3.05) is 0 Å². The normalized spacial score (nSPS) is 35.7. The van der Waals surface area contributed by atoms with E-state index in [-0.39, 0.29) is 0 Å². The van der Waals surface area contributed by atoms with Crippen LogP contribution in [-0.4, -0.2) is 15.1 Å². The van der Waals surface area contributed by atoms with Crippen molar-refractivity contribution < 1.29 is 5.11 Å². The van der Waals surface area contributed by atoms with Crippen LogP contribution in [0.25, 0.3) is 0 Å². The van der Waals surface area contributed by atoms with Gasteiger partial charge in [0.25, 0.3) is 0 Å². The molecule has 3 heteroatoms. The van der Waals surface area contributed by atoms with Crippen molar-refractivity contribution in [2.45, 2.75) is 31.8 Å². The number of aliphatic hydroxyl groups excluding tert-OH is 1. The Hall–Kier alpha value is -0.960. The molecular formula is C12H16N2O. The first-order valence-corrected chi connectivity index (χ1v) is 5.78. The zero-order chi connectivity index (χ0) is 10.3. The van der Waals surface area contributed by atoms with E-state index in [9.17, 15) is 5.11 Å². The van der Waals surface area contributed by atoms with Crippen LogP contribution in [0.3, 0.4) is 0 Å². The van der Waals surface area contributed by atoms with Crippen LogP contribution < -0.4 is 0 Å². The Morgan fingerprint density at radius 1 is 1.27 bits per heavy atom. The van der Waals surface area contributed by atoms with Crippen LogP contribution in [0.15, 0.2) is 18.6 Å². The molecule has 0 saturated heterocycles. The van der Waals surface area contributed by atoms with Gasteiger partial charge in [-0.3, -0.25) is 9.97 Å². The molecule has 1 N–H and O–H groups in total. The summed E-state index contributed by atoms with van der Waals surface area (Å²) >= 11 is 0. The summed E-state index contributed by atoms with van der Waals surface area (Å²) in [5.41, 5.74) is 0.745. The molecule has 2 bridgehead atoms. The fourth-order valence-electron chi connectivity index (χ4n) is 3.36. The summed E-state index contributed by atoms with van der Waals surface area (Å²) in [6.45, 7) is 0. The number of hydrogen-bond donors (Lipinski definition) is 1. The Balaban J connectivity index is 1.78. The highest BCUT2D eigenvalue weighted by Crippen LogP contribution is 2.52. The summed E-state index contributed by atoms with van der Waals surface area (Å²) < 4.78 is 0. The quantitative estimate of drug-likeness (QED) is 0.800. The highest BCUT2D eigenvalue weighted by Gasteiger charge is 2.43. The van der Waals surface area contributed by atoms with E-state index >= 15 is 0 Å². The van der Waals surface area contributed by atoms with Gasteiger partial charge in [-0.2, -0.15) is 0 Å². The lowest BCUT2D eigenvalue weighted by Crippen LogP contribution is -2.20. The summed E-state index contributed by atoms with van der Waals surface area (Å²) in [6.07, 6.45) is 9.78. The van der Waals surface area contributed by atoms with Gasteiger partial charge in [0.05, 0.1) is 11.9 Å². The Morgan fingerprint density at radius 3 is 2.80 bits per heavy atom. The van der Waals surface area contributed by atoms with Gasteiger partial charge in [-0.25, -0.2) is 0 Å². The van der Waals surface area contributed by atoms with E-state index in [1.165, 1.54) is 25.7 Å². The fraction of sp³-hybridized carbons (Fsp3) is 0.667. The molecule has 4 atom stereocenters. The molecular weight excluding hydrogens is 188 g/mol. The van der Waals surface area contributed by atoms with Gasteiger partial charge in [-0.1, -0.05) is 6.42 Å². The molecule has 0 aromatic carbocycles. The van der Waals surface area contributed by atoms with Crippen LogP contribution in [0, 0.1) is 17.8 Å². The molecule has 0 aliphatic heterocycles. The maximum atomic E-state index is 10.2. The SMILES string of the molecule is OC(c1cnccn1)C1CC2CCC1C2. The molecule has 2 aliphatic carbocycles. The molecule has 1 heterocycles. The first kappa shape index (κ1) is 9.28. The van der Waals surface area contributed by atoms with E-state index in [1.54, 1.807) is 18.6 Å². The number of hydrogen-bond acceptors (Lipinski definition) is 3. The van der Waals surface area contributed by atoms with Crippen LogP contribution in [-0.2, 0) is 0 Å². The number of rotatable bonds is 2. The number of aliphatic hydroxyl groups is 1. The lowest BCUT2D eigenvalue weighted by molar-refractivity contribution is 0.0706. The molecule has 0 radical (unpaired) electrons. The summed E-state index contributed by atoms with van der Waals surface area (Å²) in [6, 6.07) is 0. The minimum absolute atomic E-state index is 0.394. The monoisotopic (exact) mass is 204 g/mol. The van der Waals surface area contributed by atoms with Crippen molar-refractivity contribution in [3.63, 3.8) is 0 Å². The minimum Gasteiger partial charge on any atom is -0.386 e. The Bertz CT molecular complexity index is 341. The molecule has 3 rings (SSSR count). The fourth-order valence-corrected chi connectivity index (χ4v) is 3.36. The summed E-state index contributed by atoms with van der Waals surface area (Å²) in [7, 11) is 0. The smallest absolute Gasteiger partial charge is 0.101 e. The third-order valence-corrected chi connectivity index (χ3v) is 4.08. The van der Waals surface area contributed by atoms with Crippen molar-refractivity contribution in [3.05, 3.63) is 24.3 Å². The molecule has 3 nitrogen and oxygen atoms in total. The highest BCUT2D eigenvalue weighted by molar-refractivity contribution is 5.05. The van der Waals surface area contributed by atoms with Gasteiger partial charge in [0.15, 0.2) is 0 Å². The standard InChI is InChI=1S/C12H16N2O/c15-12(11-7-13-3-4-14-11)10-6-8-1-2-9(10)5-8/h3-4,7-10,12,15H,1-2,5-6H2. The molecule has 0 amide bonds. The lowest BCUT2D eigenvalue weighted by Gasteiger charge is -2.26. The zero-order valence-electron chi connectivity index (χ0n) is 8.71. The second-order valence-corrected chi connectivity index (χ2v) is 4.91. The molecule has 15 heavy (non-hydrogen) atoms. The molecule has 2 fully saturated rings. The molecule has 2 saturated carbocycles. The highest BCUT2D eigenvalue weighted by atomic mass is 16.3. The van der Waals surface area contributed by atoms with Gasteiger partial charge in [-0.15, -0.1) is 0 Å². The van der Waals surface area contributed by atoms with Gasteiger partial charge in [0, 0.05) is 12.4 Å². The summed E-state index contributed by atoms with van der Waals surface area (Å²) in [5, 5.41) is 10.2. The summed E-state index contributed by atoms with van der Waals surface area (Å²) in [4.78, 5) is 8.21. The van der Waals surface area contributed by atoms with E-state index in [1.807, 2.05) is 0 Å². The van der Waals surface area contributed by atoms with Crippen molar-refractivity contribution in [1.29, 1.82) is 0 Å². The summed E-state index contributed by atoms with van der Waals surface area (Å²) in [5.74, 6) is 2.03. The zero-order valence-corrected chi connectivity index (χ0v) is 8.71. The van der Waals surface area contributed by atoms with Crippen LogP contribution in [0.2, 0.25) is 0 Å². The second-order valence-electron chi connectivity index (χ2n) is 4.91. The molecule has 2 aliphatic rings. The van der Waals surface area contributed by atoms with Crippen molar-refractivity contribution in [2.24, 2.45) is 17.8 Å². The average molecular weight is 204 g/mol. The number of nitrogens with zero attached hydrogens (tertiary/aromatic N) is 2. The van der Waals surface area contributed by atoms with Crippen molar-refractivity contribution in [3.8, 4) is 0 Å². The molecule has 1 aromatic heterocycles. The van der Waals surface area contributed by atoms with E-state index in [2.05, 4.69) is 9.97 Å². The first-order valence-electron chi connectivity index (χ1n) is 5.78. The topological polar surface area (TPSA) is 46.0 Å². The van der Waals surface area contributed by atoms with Gasteiger partial charge in [-0.05, 0) is 37.0 Å². The molecule has 1 aromatic rings. The van der Waals surface area contributed by atoms with Gasteiger partial charge in [0.1, 0.15) is 6.10 Å². The molecule has 80 valence electrons. The van der Waals surface area contributed by atoms with Gasteiger partial charge >= 0.3 is 0 Å². The molecule has 0 spiro atoms. The molecule has 4 unspecified atom stereocenters. The Morgan fingerprint density at radius 2 is 2.20 bits per heavy atom. The predicted octanol–water partition coefficient (Wildman–Crippen LogP) is 1.95. The van der Waals surface area contributed by atoms with E-state index in [4.69, 9.17) is 0 Å². The van der Waals surface area contributed by atoms with Crippen molar-refractivity contribution in [1.82, 2.24) is 9.97 Å². The van der Waals surface area contributed by atoms with Crippen LogP contribution in [0.1, 0.15) is 37.5 Å². The maximum absolute atomic E-state index is 10.2. The Labute approximate surface area is 89.6 Å². The Kier molecular flexibility index (Phi) is 2.20. The van der Waals surface area contributed by atoms with E-state index in [0.717, 1.165) is 17.5 Å². The second kappa shape index (κ2) is 3.56. The van der Waals surface area contributed by atoms with Gasteiger partial charge < -0.3 is 5.11 Å². The number of fused-ring (bicyclic) bond motifs is 2. The van der Waals surface area contributed by atoms with Crippen LogP contribution >= 0.6 is 0 Å². The largest absolute Gasteiger partial charge is 0.386 e. The maximum Gasteiger partial charge on any atom is 0.101 e. The van der Waals surface area contributed by atoms with Gasteiger partial charge in [0.2, 0.25) is 0 Å². The van der Waals surface area contributed by atoms with Crippen LogP contribution in [0.5, 0.6) is 0 Å². The van der Waals surface area contributed by atoms with E-state index < -0.39 is 6.10 Å². The predicted molar refractivity (Wildman–Crippen MR) is 55.9 cm³/mol. The third-order valence-electron chi connectivity index (χ3n) is 4.08. The van der Waals surface area contributed by atoms with Crippen LogP contribution in [0.4, 0.5) is 0 Å². The minimum atomic E-state index is -0.394.